The molecule has 0 unspecified atom stereocenters. The van der Waals surface area contributed by atoms with E-state index in [4.69, 9.17) is 0 Å². The number of hydrogen-bond donors (Lipinski definition) is 0. The van der Waals surface area contributed by atoms with Crippen LogP contribution in [0.2, 0.25) is 0 Å². The zero-order chi connectivity index (χ0) is 17.9. The second-order valence-corrected chi connectivity index (χ2v) is 12.6. The van der Waals surface area contributed by atoms with E-state index in [0.717, 1.165) is 19.3 Å². The highest BCUT2D eigenvalue weighted by Gasteiger charge is 2.56. The summed E-state index contributed by atoms with van der Waals surface area (Å²) in [7, 11) is 0. The molecule has 5 heteroatoms. The summed E-state index contributed by atoms with van der Waals surface area (Å²) in [6, 6.07) is 0.546. The molecule has 5 rings (SSSR count). The lowest BCUT2D eigenvalue weighted by Crippen LogP contribution is -2.63. The molecule has 1 spiro atoms. The van der Waals surface area contributed by atoms with Gasteiger partial charge >= 0.3 is 0 Å². The average molecular weight is 394 g/mol. The van der Waals surface area contributed by atoms with E-state index in [0.29, 0.717) is 46.0 Å². The number of fused-ring (bicyclic) bond motifs is 5. The van der Waals surface area contributed by atoms with Crippen molar-refractivity contribution in [2.75, 3.05) is 11.5 Å². The number of ketones is 1. The summed E-state index contributed by atoms with van der Waals surface area (Å²) in [5.41, 5.74) is 0. The van der Waals surface area contributed by atoms with Crippen molar-refractivity contribution in [1.29, 1.82) is 0 Å². The molecular weight excluding hydrogens is 362 g/mol. The molecule has 0 N–H and O–H groups in total. The van der Waals surface area contributed by atoms with Crippen molar-refractivity contribution in [1.82, 2.24) is 4.90 Å². The second kappa shape index (κ2) is 6.72. The fourth-order valence-corrected chi connectivity index (χ4v) is 10.5. The molecule has 26 heavy (non-hydrogen) atoms. The van der Waals surface area contributed by atoms with Crippen LogP contribution in [0.25, 0.3) is 0 Å². The first-order chi connectivity index (χ1) is 12.6. The Morgan fingerprint density at radius 3 is 2.62 bits per heavy atom. The number of rotatable bonds is 0. The molecule has 0 radical (unpaired) electrons. The third-order valence-electron chi connectivity index (χ3n) is 7.97. The number of nitrogens with zero attached hydrogens (tertiary/aromatic N) is 1. The minimum atomic E-state index is 0.150. The number of carbonyl (C=O) groups is 2. The van der Waals surface area contributed by atoms with E-state index in [-0.39, 0.29) is 12.0 Å². The van der Waals surface area contributed by atoms with Crippen LogP contribution >= 0.6 is 23.5 Å². The lowest BCUT2D eigenvalue weighted by atomic mass is 9.56. The predicted molar refractivity (Wildman–Crippen MR) is 108 cm³/mol. The largest absolute Gasteiger partial charge is 0.336 e. The molecule has 144 valence electrons. The van der Waals surface area contributed by atoms with Crippen LogP contribution in [0, 0.1) is 23.7 Å². The molecule has 5 aliphatic rings. The summed E-state index contributed by atoms with van der Waals surface area (Å²) in [5.74, 6) is 5.07. The molecule has 0 aromatic heterocycles. The van der Waals surface area contributed by atoms with E-state index in [1.807, 2.05) is 0 Å². The Labute approximate surface area is 165 Å². The summed E-state index contributed by atoms with van der Waals surface area (Å²) in [5, 5.41) is 0. The van der Waals surface area contributed by atoms with Crippen molar-refractivity contribution in [2.45, 2.75) is 80.9 Å². The molecule has 6 atom stereocenters. The zero-order valence-corrected chi connectivity index (χ0v) is 17.5. The van der Waals surface area contributed by atoms with Crippen LogP contribution in [0.5, 0.6) is 0 Å². The molecule has 0 bridgehead atoms. The highest BCUT2D eigenvalue weighted by molar-refractivity contribution is 8.18. The molecule has 3 saturated heterocycles. The van der Waals surface area contributed by atoms with Gasteiger partial charge < -0.3 is 4.90 Å². The molecule has 2 aliphatic carbocycles. The zero-order valence-electron chi connectivity index (χ0n) is 15.8. The third kappa shape index (κ3) is 2.78. The van der Waals surface area contributed by atoms with Gasteiger partial charge in [0.1, 0.15) is 5.78 Å². The smallest absolute Gasteiger partial charge is 0.223 e. The first kappa shape index (κ1) is 17.9. The number of Topliss-reactive ketones (excluding diaryl/α,β-unsaturated/α-hetero) is 1. The molecule has 3 nitrogen and oxygen atoms in total. The maximum absolute atomic E-state index is 13.3. The van der Waals surface area contributed by atoms with E-state index >= 15 is 0 Å². The number of hydrogen-bond acceptors (Lipinski definition) is 4. The van der Waals surface area contributed by atoms with Crippen LogP contribution in [-0.2, 0) is 9.59 Å². The van der Waals surface area contributed by atoms with Crippen molar-refractivity contribution >= 4 is 35.2 Å². The fourth-order valence-electron chi connectivity index (χ4n) is 6.94. The first-order valence-corrected chi connectivity index (χ1v) is 12.7. The molecular formula is C21H31NO2S2. The first-order valence-electron chi connectivity index (χ1n) is 10.7. The van der Waals surface area contributed by atoms with Crippen LogP contribution in [0.4, 0.5) is 0 Å². The van der Waals surface area contributed by atoms with Gasteiger partial charge in [0.2, 0.25) is 5.91 Å². The van der Waals surface area contributed by atoms with Crippen molar-refractivity contribution in [3.05, 3.63) is 0 Å². The molecule has 2 saturated carbocycles. The van der Waals surface area contributed by atoms with Gasteiger partial charge in [-0.1, -0.05) is 0 Å². The summed E-state index contributed by atoms with van der Waals surface area (Å²) in [6.45, 7) is 2.18. The average Bonchev–Trinajstić information content (AvgIpc) is 2.62. The highest BCUT2D eigenvalue weighted by Crippen LogP contribution is 2.59. The number of carbonyl (C=O) groups excluding carboxylic acids is 2. The maximum Gasteiger partial charge on any atom is 0.223 e. The number of piperidine rings is 2. The fraction of sp³-hybridized carbons (Fsp3) is 0.905. The SMILES string of the molecule is C[C@H]1CCC[C@H]2[C@H]3C(=O)C[C@@H]4CC5(CC[C@H]4[C@@H]3CC(=O)N12)SCCCS5. The maximum atomic E-state index is 13.3. The van der Waals surface area contributed by atoms with Crippen molar-refractivity contribution < 1.29 is 9.59 Å². The number of amides is 1. The van der Waals surface area contributed by atoms with E-state index in [1.54, 1.807) is 0 Å². The second-order valence-electron chi connectivity index (χ2n) is 9.34. The summed E-state index contributed by atoms with van der Waals surface area (Å²) < 4.78 is 0.386. The van der Waals surface area contributed by atoms with Crippen LogP contribution in [0.15, 0.2) is 0 Å². The number of thioether (sulfide) groups is 2. The van der Waals surface area contributed by atoms with E-state index in [2.05, 4.69) is 35.3 Å². The van der Waals surface area contributed by atoms with Crippen molar-refractivity contribution in [3.8, 4) is 0 Å². The van der Waals surface area contributed by atoms with Crippen molar-refractivity contribution in [3.63, 3.8) is 0 Å². The summed E-state index contributed by atoms with van der Waals surface area (Å²) in [6.07, 6.45) is 9.85. The summed E-state index contributed by atoms with van der Waals surface area (Å²) >= 11 is 4.34. The molecule has 0 aromatic carbocycles. The van der Waals surface area contributed by atoms with Gasteiger partial charge in [0, 0.05) is 30.8 Å². The third-order valence-corrected chi connectivity index (χ3v) is 11.5. The van der Waals surface area contributed by atoms with Gasteiger partial charge in [-0.05, 0) is 81.1 Å². The van der Waals surface area contributed by atoms with Crippen molar-refractivity contribution in [2.24, 2.45) is 23.7 Å². The Bertz CT molecular complexity index is 603. The monoisotopic (exact) mass is 393 g/mol. The van der Waals surface area contributed by atoms with Crippen LogP contribution in [-0.4, -0.2) is 44.3 Å². The highest BCUT2D eigenvalue weighted by atomic mass is 32.2. The van der Waals surface area contributed by atoms with Gasteiger partial charge in [0.15, 0.2) is 0 Å². The molecule has 5 fully saturated rings. The Morgan fingerprint density at radius 1 is 1.00 bits per heavy atom. The lowest BCUT2D eigenvalue weighted by Gasteiger charge is -2.57. The minimum absolute atomic E-state index is 0.150. The lowest BCUT2D eigenvalue weighted by molar-refractivity contribution is -0.160. The van der Waals surface area contributed by atoms with Gasteiger partial charge in [-0.15, -0.1) is 23.5 Å². The van der Waals surface area contributed by atoms with Gasteiger partial charge in [-0.25, -0.2) is 0 Å². The van der Waals surface area contributed by atoms with E-state index in [9.17, 15) is 9.59 Å². The quantitative estimate of drug-likeness (QED) is 0.613. The van der Waals surface area contributed by atoms with Gasteiger partial charge in [0.05, 0.1) is 4.08 Å². The Hall–Kier alpha value is -0.160. The standard InChI is InChI=1S/C21H31NO2S2/c1-13-4-2-5-17-20-16(11-19(24)22(13)17)15-6-7-21(25-8-3-9-26-21)12-14(15)10-18(20)23/h13-17,20H,2-12H2,1H3/t13-,14+,15+,16-,17-,20-/m0/s1. The Morgan fingerprint density at radius 2 is 1.81 bits per heavy atom. The molecule has 1 amide bonds. The van der Waals surface area contributed by atoms with Crippen LogP contribution < -0.4 is 0 Å². The van der Waals surface area contributed by atoms with Gasteiger partial charge in [-0.3, -0.25) is 9.59 Å². The van der Waals surface area contributed by atoms with Gasteiger partial charge in [-0.2, -0.15) is 0 Å². The molecule has 3 heterocycles. The van der Waals surface area contributed by atoms with Crippen LogP contribution in [0.3, 0.4) is 0 Å². The molecule has 3 aliphatic heterocycles. The topological polar surface area (TPSA) is 37.4 Å². The predicted octanol–water partition coefficient (Wildman–Crippen LogP) is 4.35. The Kier molecular flexibility index (Phi) is 4.63. The minimum Gasteiger partial charge on any atom is -0.336 e. The van der Waals surface area contributed by atoms with E-state index < -0.39 is 0 Å². The Balaban J connectivity index is 1.40. The van der Waals surface area contributed by atoms with E-state index in [1.165, 1.54) is 43.6 Å². The summed E-state index contributed by atoms with van der Waals surface area (Å²) in [4.78, 5) is 28.4. The van der Waals surface area contributed by atoms with Crippen LogP contribution in [0.1, 0.15) is 64.7 Å². The van der Waals surface area contributed by atoms with Gasteiger partial charge in [0.25, 0.3) is 0 Å². The molecule has 0 aromatic rings. The normalized spacial score (nSPS) is 45.0.